The largest absolute Gasteiger partial charge is 0.441 e. The van der Waals surface area contributed by atoms with Gasteiger partial charge in [0.05, 0.1) is 17.0 Å². The SMILES string of the molecule is Cc1oc(-c2ccccc2F)nc1CS(=O)(=O)CC(=O)CCCCc1ccccc1. The number of unbranched alkanes of at least 4 members (excludes halogenated alkanes) is 1. The Morgan fingerprint density at radius 3 is 2.47 bits per heavy atom. The average molecular weight is 430 g/mol. The summed E-state index contributed by atoms with van der Waals surface area (Å²) in [4.78, 5) is 16.3. The molecule has 0 radical (unpaired) electrons. The van der Waals surface area contributed by atoms with Crippen LogP contribution in [0, 0.1) is 12.7 Å². The molecule has 0 fully saturated rings. The number of benzene rings is 2. The van der Waals surface area contributed by atoms with Gasteiger partial charge in [0.15, 0.2) is 9.84 Å². The van der Waals surface area contributed by atoms with Crippen molar-refractivity contribution in [2.75, 3.05) is 5.75 Å². The zero-order chi connectivity index (χ0) is 21.6. The van der Waals surface area contributed by atoms with Crippen LogP contribution in [0.1, 0.15) is 36.3 Å². The summed E-state index contributed by atoms with van der Waals surface area (Å²) in [6.45, 7) is 1.58. The Morgan fingerprint density at radius 1 is 1.03 bits per heavy atom. The number of hydrogen-bond donors (Lipinski definition) is 0. The number of sulfone groups is 1. The summed E-state index contributed by atoms with van der Waals surface area (Å²) >= 11 is 0. The van der Waals surface area contributed by atoms with Gasteiger partial charge >= 0.3 is 0 Å². The van der Waals surface area contributed by atoms with Crippen molar-refractivity contribution in [1.29, 1.82) is 0 Å². The van der Waals surface area contributed by atoms with E-state index in [9.17, 15) is 17.6 Å². The summed E-state index contributed by atoms with van der Waals surface area (Å²) in [5, 5.41) is 0. The van der Waals surface area contributed by atoms with E-state index in [1.165, 1.54) is 17.7 Å². The second-order valence-electron chi connectivity index (χ2n) is 7.27. The van der Waals surface area contributed by atoms with Gasteiger partial charge in [-0.25, -0.2) is 17.8 Å². The van der Waals surface area contributed by atoms with E-state index >= 15 is 0 Å². The predicted octanol–water partition coefficient (Wildman–Crippen LogP) is 4.69. The lowest BCUT2D eigenvalue weighted by atomic mass is 10.1. The zero-order valence-electron chi connectivity index (χ0n) is 16.8. The number of halogens is 1. The average Bonchev–Trinajstić information content (AvgIpc) is 3.05. The number of carbonyl (C=O) groups is 1. The number of carbonyl (C=O) groups excluding carboxylic acids is 1. The molecule has 1 aromatic heterocycles. The molecule has 0 amide bonds. The van der Waals surface area contributed by atoms with Crippen molar-refractivity contribution in [2.45, 2.75) is 38.4 Å². The summed E-state index contributed by atoms with van der Waals surface area (Å²) in [7, 11) is -3.69. The summed E-state index contributed by atoms with van der Waals surface area (Å²) in [6.07, 6.45) is 2.55. The first kappa shape index (κ1) is 21.9. The van der Waals surface area contributed by atoms with Crippen LogP contribution in [-0.4, -0.2) is 24.9 Å². The second-order valence-corrected chi connectivity index (χ2v) is 9.33. The molecule has 0 atom stereocenters. The smallest absolute Gasteiger partial charge is 0.229 e. The number of hydrogen-bond acceptors (Lipinski definition) is 5. The molecule has 1 heterocycles. The van der Waals surface area contributed by atoms with E-state index in [1.807, 2.05) is 30.3 Å². The standard InChI is InChI=1S/C23H24FNO4S/c1-17-22(25-23(29-17)20-13-7-8-14-21(20)24)16-30(27,28)15-19(26)12-6-5-11-18-9-3-2-4-10-18/h2-4,7-10,13-14H,5-6,11-12,15-16H2,1H3. The van der Waals surface area contributed by atoms with Crippen LogP contribution in [0.3, 0.4) is 0 Å². The van der Waals surface area contributed by atoms with E-state index in [4.69, 9.17) is 4.42 Å². The molecule has 0 bridgehead atoms. The molecule has 3 rings (SSSR count). The molecule has 30 heavy (non-hydrogen) atoms. The number of aromatic nitrogens is 1. The molecule has 0 aliphatic heterocycles. The van der Waals surface area contributed by atoms with Gasteiger partial charge in [-0.3, -0.25) is 4.79 Å². The normalized spacial score (nSPS) is 11.5. The lowest BCUT2D eigenvalue weighted by molar-refractivity contribution is -0.116. The molecular formula is C23H24FNO4S. The highest BCUT2D eigenvalue weighted by Gasteiger charge is 2.22. The highest BCUT2D eigenvalue weighted by atomic mass is 32.2. The molecule has 0 spiro atoms. The summed E-state index contributed by atoms with van der Waals surface area (Å²) < 4.78 is 44.3. The molecule has 158 valence electrons. The Balaban J connectivity index is 1.53. The molecule has 0 saturated heterocycles. The monoisotopic (exact) mass is 429 g/mol. The molecule has 0 aliphatic carbocycles. The first-order valence-electron chi connectivity index (χ1n) is 9.81. The van der Waals surface area contributed by atoms with Crippen LogP contribution in [0.25, 0.3) is 11.5 Å². The zero-order valence-corrected chi connectivity index (χ0v) is 17.6. The fraction of sp³-hybridized carbons (Fsp3) is 0.304. The topological polar surface area (TPSA) is 77.2 Å². The van der Waals surface area contributed by atoms with Crippen LogP contribution in [0.4, 0.5) is 4.39 Å². The van der Waals surface area contributed by atoms with Crippen LogP contribution >= 0.6 is 0 Å². The number of ketones is 1. The van der Waals surface area contributed by atoms with E-state index < -0.39 is 27.2 Å². The fourth-order valence-corrected chi connectivity index (χ4v) is 4.61. The Labute approximate surface area is 175 Å². The number of oxazole rings is 1. The maximum Gasteiger partial charge on any atom is 0.229 e. The van der Waals surface area contributed by atoms with Crippen molar-refractivity contribution in [1.82, 2.24) is 4.98 Å². The van der Waals surface area contributed by atoms with Gasteiger partial charge in [-0.2, -0.15) is 0 Å². The molecular weight excluding hydrogens is 405 g/mol. The van der Waals surface area contributed by atoms with Crippen LogP contribution < -0.4 is 0 Å². The Kier molecular flexibility index (Phi) is 7.15. The maximum absolute atomic E-state index is 13.9. The minimum Gasteiger partial charge on any atom is -0.441 e. The molecule has 0 aliphatic rings. The summed E-state index contributed by atoms with van der Waals surface area (Å²) in [6, 6.07) is 15.9. The van der Waals surface area contributed by atoms with Gasteiger partial charge in [-0.1, -0.05) is 42.5 Å². The molecule has 7 heteroatoms. The summed E-state index contributed by atoms with van der Waals surface area (Å²) in [5.41, 5.74) is 1.56. The Morgan fingerprint density at radius 2 is 1.73 bits per heavy atom. The molecule has 0 N–H and O–H groups in total. The highest BCUT2D eigenvalue weighted by Crippen LogP contribution is 2.25. The van der Waals surface area contributed by atoms with Crippen molar-refractivity contribution in [3.63, 3.8) is 0 Å². The number of aryl methyl sites for hydroxylation is 2. The van der Waals surface area contributed by atoms with E-state index in [-0.39, 0.29) is 29.4 Å². The first-order chi connectivity index (χ1) is 14.3. The van der Waals surface area contributed by atoms with E-state index in [2.05, 4.69) is 4.98 Å². The van der Waals surface area contributed by atoms with Gasteiger partial charge in [-0.05, 0) is 43.9 Å². The molecule has 2 aromatic carbocycles. The Hall–Kier alpha value is -2.80. The van der Waals surface area contributed by atoms with Crippen molar-refractivity contribution < 1.29 is 22.0 Å². The number of nitrogens with zero attached hydrogens (tertiary/aromatic N) is 1. The van der Waals surface area contributed by atoms with Crippen molar-refractivity contribution in [3.05, 3.63) is 77.4 Å². The van der Waals surface area contributed by atoms with E-state index in [1.54, 1.807) is 19.1 Å². The molecule has 0 saturated carbocycles. The second kappa shape index (κ2) is 9.80. The third kappa shape index (κ3) is 6.10. The third-order valence-electron chi connectivity index (χ3n) is 4.75. The lowest BCUT2D eigenvalue weighted by Crippen LogP contribution is -2.18. The van der Waals surface area contributed by atoms with Gasteiger partial charge < -0.3 is 4.42 Å². The molecule has 0 unspecified atom stereocenters. The lowest BCUT2D eigenvalue weighted by Gasteiger charge is -2.04. The number of Topliss-reactive ketones (excluding diaryl/α,β-unsaturated/α-hetero) is 1. The molecule has 3 aromatic rings. The van der Waals surface area contributed by atoms with E-state index in [0.29, 0.717) is 12.2 Å². The quantitative estimate of drug-likeness (QED) is 0.437. The highest BCUT2D eigenvalue weighted by molar-refractivity contribution is 7.91. The van der Waals surface area contributed by atoms with E-state index in [0.717, 1.165) is 12.8 Å². The van der Waals surface area contributed by atoms with Crippen molar-refractivity contribution >= 4 is 15.6 Å². The predicted molar refractivity (Wildman–Crippen MR) is 113 cm³/mol. The summed E-state index contributed by atoms with van der Waals surface area (Å²) in [5.74, 6) is -1.42. The van der Waals surface area contributed by atoms with Gasteiger partial charge in [0, 0.05) is 6.42 Å². The minimum absolute atomic E-state index is 0.0306. The van der Waals surface area contributed by atoms with Crippen molar-refractivity contribution in [3.8, 4) is 11.5 Å². The fourth-order valence-electron chi connectivity index (χ4n) is 3.18. The van der Waals surface area contributed by atoms with Crippen LogP contribution in [0.2, 0.25) is 0 Å². The van der Waals surface area contributed by atoms with Gasteiger partial charge in [0.2, 0.25) is 5.89 Å². The van der Waals surface area contributed by atoms with Gasteiger partial charge in [-0.15, -0.1) is 0 Å². The molecule has 5 nitrogen and oxygen atoms in total. The van der Waals surface area contributed by atoms with Gasteiger partial charge in [0.25, 0.3) is 0 Å². The first-order valence-corrected chi connectivity index (χ1v) is 11.6. The maximum atomic E-state index is 13.9. The van der Waals surface area contributed by atoms with Gasteiger partial charge in [0.1, 0.15) is 23.1 Å². The van der Waals surface area contributed by atoms with Crippen molar-refractivity contribution in [2.24, 2.45) is 0 Å². The Bertz CT molecular complexity index is 1110. The van der Waals surface area contributed by atoms with Crippen LogP contribution in [-0.2, 0) is 26.8 Å². The third-order valence-corrected chi connectivity index (χ3v) is 6.22. The van der Waals surface area contributed by atoms with Crippen LogP contribution in [0.15, 0.2) is 59.0 Å². The number of rotatable bonds is 10. The minimum atomic E-state index is -3.69. The van der Waals surface area contributed by atoms with Crippen LogP contribution in [0.5, 0.6) is 0 Å².